The molecule has 0 spiro atoms. The minimum Gasteiger partial charge on any atom is -0.379 e. The Morgan fingerprint density at radius 2 is 2.19 bits per heavy atom. The van der Waals surface area contributed by atoms with E-state index in [9.17, 15) is 0 Å². The zero-order valence-electron chi connectivity index (χ0n) is 12.2. The van der Waals surface area contributed by atoms with Gasteiger partial charge in [-0.3, -0.25) is 10.00 Å². The van der Waals surface area contributed by atoms with Crippen molar-refractivity contribution in [3.05, 3.63) is 35.7 Å². The van der Waals surface area contributed by atoms with E-state index in [0.29, 0.717) is 12.4 Å². The van der Waals surface area contributed by atoms with Crippen LogP contribution in [0.4, 0.5) is 0 Å². The predicted octanol–water partition coefficient (Wildman–Crippen LogP) is 1.45. The third-order valence-corrected chi connectivity index (χ3v) is 3.51. The highest BCUT2D eigenvalue weighted by atomic mass is 16.5. The molecule has 6 heteroatoms. The molecule has 0 bridgehead atoms. The van der Waals surface area contributed by atoms with Crippen molar-refractivity contribution in [2.24, 2.45) is 0 Å². The zero-order chi connectivity index (χ0) is 14.5. The fourth-order valence-electron chi connectivity index (χ4n) is 2.45. The summed E-state index contributed by atoms with van der Waals surface area (Å²) in [4.78, 5) is 6.83. The van der Waals surface area contributed by atoms with Crippen LogP contribution in [0.2, 0.25) is 0 Å². The average molecular weight is 288 g/mol. The molecule has 1 N–H and O–H groups in total. The summed E-state index contributed by atoms with van der Waals surface area (Å²) in [5.74, 6) is 1.46. The van der Waals surface area contributed by atoms with E-state index in [-0.39, 0.29) is 0 Å². The molecule has 1 fully saturated rings. The maximum Gasteiger partial charge on any atom is 0.181 e. The molecule has 6 nitrogen and oxygen atoms in total. The standard InChI is InChI=1S/C15H20N4O2/c1-20-11-14-16-15(18-17-14)13-4-2-3-12(9-13)10-19-5-7-21-8-6-19/h2-4,9H,5-8,10-11H2,1H3,(H,16,17,18). The van der Waals surface area contributed by atoms with Crippen LogP contribution in [-0.2, 0) is 22.6 Å². The molecule has 3 rings (SSSR count). The second-order valence-corrected chi connectivity index (χ2v) is 5.13. The molecular weight excluding hydrogens is 268 g/mol. The summed E-state index contributed by atoms with van der Waals surface area (Å²) >= 11 is 0. The molecular formula is C15H20N4O2. The number of hydrogen-bond acceptors (Lipinski definition) is 5. The number of nitrogens with one attached hydrogen (secondary N) is 1. The molecule has 1 aromatic heterocycles. The van der Waals surface area contributed by atoms with E-state index in [4.69, 9.17) is 9.47 Å². The minimum absolute atomic E-state index is 0.445. The van der Waals surface area contributed by atoms with Crippen LogP contribution in [0, 0.1) is 0 Å². The predicted molar refractivity (Wildman–Crippen MR) is 78.6 cm³/mol. The molecule has 21 heavy (non-hydrogen) atoms. The maximum atomic E-state index is 5.38. The van der Waals surface area contributed by atoms with Gasteiger partial charge in [0.1, 0.15) is 6.61 Å². The number of H-pyrrole nitrogens is 1. The van der Waals surface area contributed by atoms with E-state index in [2.05, 4.69) is 38.3 Å². The third kappa shape index (κ3) is 3.66. The van der Waals surface area contributed by atoms with Crippen molar-refractivity contribution in [2.75, 3.05) is 33.4 Å². The monoisotopic (exact) mass is 288 g/mol. The molecule has 2 aromatic rings. The van der Waals surface area contributed by atoms with E-state index in [1.165, 1.54) is 5.56 Å². The first kappa shape index (κ1) is 14.2. The van der Waals surface area contributed by atoms with Crippen LogP contribution in [0.15, 0.2) is 24.3 Å². The Bertz CT molecular complexity index is 579. The quantitative estimate of drug-likeness (QED) is 0.902. The Kier molecular flexibility index (Phi) is 4.59. The molecule has 1 saturated heterocycles. The summed E-state index contributed by atoms with van der Waals surface area (Å²) in [7, 11) is 1.64. The van der Waals surface area contributed by atoms with Gasteiger partial charge in [0, 0.05) is 32.3 Å². The molecule has 0 saturated carbocycles. The van der Waals surface area contributed by atoms with Gasteiger partial charge < -0.3 is 9.47 Å². The van der Waals surface area contributed by atoms with E-state index in [1.807, 2.05) is 6.07 Å². The molecule has 0 radical (unpaired) electrons. The van der Waals surface area contributed by atoms with Crippen LogP contribution in [0.1, 0.15) is 11.4 Å². The van der Waals surface area contributed by atoms with Crippen molar-refractivity contribution in [1.29, 1.82) is 0 Å². The highest BCUT2D eigenvalue weighted by Crippen LogP contribution is 2.18. The lowest BCUT2D eigenvalue weighted by atomic mass is 10.1. The fourth-order valence-corrected chi connectivity index (χ4v) is 2.45. The number of aromatic amines is 1. The van der Waals surface area contributed by atoms with Gasteiger partial charge in [0.15, 0.2) is 11.6 Å². The number of ether oxygens (including phenoxy) is 2. The lowest BCUT2D eigenvalue weighted by Gasteiger charge is -2.26. The second-order valence-electron chi connectivity index (χ2n) is 5.13. The summed E-state index contributed by atoms with van der Waals surface area (Å²) in [6, 6.07) is 8.37. The summed E-state index contributed by atoms with van der Waals surface area (Å²) in [5.41, 5.74) is 2.30. The Hall–Kier alpha value is -1.76. The van der Waals surface area contributed by atoms with Crippen molar-refractivity contribution in [1.82, 2.24) is 20.1 Å². The molecule has 1 aliphatic heterocycles. The van der Waals surface area contributed by atoms with E-state index in [1.54, 1.807) is 7.11 Å². The van der Waals surface area contributed by atoms with Gasteiger partial charge in [0.25, 0.3) is 0 Å². The van der Waals surface area contributed by atoms with Crippen LogP contribution in [-0.4, -0.2) is 53.5 Å². The molecule has 1 aromatic carbocycles. The minimum atomic E-state index is 0.445. The number of aromatic nitrogens is 3. The van der Waals surface area contributed by atoms with Gasteiger partial charge in [0.05, 0.1) is 13.2 Å². The highest BCUT2D eigenvalue weighted by Gasteiger charge is 2.12. The van der Waals surface area contributed by atoms with Crippen LogP contribution in [0.5, 0.6) is 0 Å². The smallest absolute Gasteiger partial charge is 0.181 e. The fraction of sp³-hybridized carbons (Fsp3) is 0.467. The lowest BCUT2D eigenvalue weighted by Crippen LogP contribution is -2.35. The van der Waals surface area contributed by atoms with E-state index >= 15 is 0 Å². The van der Waals surface area contributed by atoms with Crippen LogP contribution in [0.25, 0.3) is 11.4 Å². The first-order valence-electron chi connectivity index (χ1n) is 7.15. The Morgan fingerprint density at radius 3 is 3.00 bits per heavy atom. The Morgan fingerprint density at radius 1 is 1.33 bits per heavy atom. The molecule has 2 heterocycles. The van der Waals surface area contributed by atoms with E-state index < -0.39 is 0 Å². The maximum absolute atomic E-state index is 5.38. The average Bonchev–Trinajstić information content (AvgIpc) is 2.98. The second kappa shape index (κ2) is 6.80. The zero-order valence-corrected chi connectivity index (χ0v) is 12.2. The van der Waals surface area contributed by atoms with Gasteiger partial charge in [-0.1, -0.05) is 18.2 Å². The molecule has 112 valence electrons. The summed E-state index contributed by atoms with van der Waals surface area (Å²) in [6.45, 7) is 5.00. The van der Waals surface area contributed by atoms with Crippen LogP contribution >= 0.6 is 0 Å². The first-order valence-corrected chi connectivity index (χ1v) is 7.15. The largest absolute Gasteiger partial charge is 0.379 e. The molecule has 0 amide bonds. The Balaban J connectivity index is 1.72. The van der Waals surface area contributed by atoms with Gasteiger partial charge >= 0.3 is 0 Å². The number of morpholine rings is 1. The number of methoxy groups -OCH3 is 1. The third-order valence-electron chi connectivity index (χ3n) is 3.51. The number of nitrogens with zero attached hydrogens (tertiary/aromatic N) is 3. The summed E-state index contributed by atoms with van der Waals surface area (Å²) < 4.78 is 10.4. The van der Waals surface area contributed by atoms with Gasteiger partial charge in [-0.25, -0.2) is 4.98 Å². The normalized spacial score (nSPS) is 16.2. The van der Waals surface area contributed by atoms with Crippen LogP contribution in [0.3, 0.4) is 0 Å². The van der Waals surface area contributed by atoms with Crippen molar-refractivity contribution < 1.29 is 9.47 Å². The van der Waals surface area contributed by atoms with Gasteiger partial charge in [0.2, 0.25) is 0 Å². The molecule has 0 atom stereocenters. The molecule has 0 aliphatic carbocycles. The Labute approximate surface area is 124 Å². The molecule has 0 unspecified atom stereocenters. The van der Waals surface area contributed by atoms with Gasteiger partial charge in [-0.2, -0.15) is 5.10 Å². The number of hydrogen-bond donors (Lipinski definition) is 1. The van der Waals surface area contributed by atoms with Crippen LogP contribution < -0.4 is 0 Å². The lowest BCUT2D eigenvalue weighted by molar-refractivity contribution is 0.0342. The summed E-state index contributed by atoms with van der Waals surface area (Å²) in [6.07, 6.45) is 0. The van der Waals surface area contributed by atoms with Crippen molar-refractivity contribution in [3.63, 3.8) is 0 Å². The highest BCUT2D eigenvalue weighted by molar-refractivity contribution is 5.55. The topological polar surface area (TPSA) is 63.3 Å². The van der Waals surface area contributed by atoms with Gasteiger partial charge in [-0.15, -0.1) is 0 Å². The summed E-state index contributed by atoms with van der Waals surface area (Å²) in [5, 5.41) is 7.14. The number of rotatable bonds is 5. The first-order chi connectivity index (χ1) is 10.3. The molecule has 1 aliphatic rings. The van der Waals surface area contributed by atoms with Gasteiger partial charge in [-0.05, 0) is 11.6 Å². The van der Waals surface area contributed by atoms with Crippen molar-refractivity contribution in [2.45, 2.75) is 13.2 Å². The SMILES string of the molecule is COCc1nc(-c2cccc(CN3CCOCC3)c2)n[nH]1. The van der Waals surface area contributed by atoms with Crippen molar-refractivity contribution >= 4 is 0 Å². The number of benzene rings is 1. The van der Waals surface area contributed by atoms with E-state index in [0.717, 1.165) is 44.2 Å². The van der Waals surface area contributed by atoms with Crippen molar-refractivity contribution in [3.8, 4) is 11.4 Å².